The van der Waals surface area contributed by atoms with Crippen LogP contribution in [0.2, 0.25) is 0 Å². The van der Waals surface area contributed by atoms with Gasteiger partial charge in [0.2, 0.25) is 10.0 Å². The van der Waals surface area contributed by atoms with E-state index in [2.05, 4.69) is 4.72 Å². The summed E-state index contributed by atoms with van der Waals surface area (Å²) in [6.45, 7) is 4.87. The van der Waals surface area contributed by atoms with E-state index in [1.54, 1.807) is 26.8 Å². The minimum Gasteiger partial charge on any atom is -0.496 e. The fourth-order valence-corrected chi connectivity index (χ4v) is 4.15. The molecular weight excluding hydrogens is 354 g/mol. The molecule has 2 aromatic carbocycles. The summed E-state index contributed by atoms with van der Waals surface area (Å²) in [4.78, 5) is 12.0. The Morgan fingerprint density at radius 2 is 1.73 bits per heavy atom. The molecule has 2 aromatic rings. The van der Waals surface area contributed by atoms with Crippen molar-refractivity contribution in [1.82, 2.24) is 4.72 Å². The first kappa shape index (κ1) is 19.9. The molecule has 0 aliphatic carbocycles. The van der Waals surface area contributed by atoms with E-state index in [0.29, 0.717) is 16.9 Å². The summed E-state index contributed by atoms with van der Waals surface area (Å²) < 4.78 is 38.0. The van der Waals surface area contributed by atoms with E-state index in [9.17, 15) is 13.2 Å². The molecule has 0 aromatic heterocycles. The Kier molecular flexibility index (Phi) is 6.39. The SMILES string of the molecule is COc1cc(C)c(S(=O)(=O)NCC(=O)OCc2ccccc2)c(C)c1C. The zero-order chi connectivity index (χ0) is 19.3. The highest BCUT2D eigenvalue weighted by Crippen LogP contribution is 2.30. The zero-order valence-corrected chi connectivity index (χ0v) is 16.1. The number of sulfonamides is 1. The second-order valence-electron chi connectivity index (χ2n) is 5.95. The minimum atomic E-state index is -3.85. The normalized spacial score (nSPS) is 11.2. The molecule has 0 atom stereocenters. The maximum atomic E-state index is 12.6. The van der Waals surface area contributed by atoms with Crippen LogP contribution in [0.15, 0.2) is 41.3 Å². The molecule has 6 nitrogen and oxygen atoms in total. The lowest BCUT2D eigenvalue weighted by Crippen LogP contribution is -2.31. The molecule has 0 saturated carbocycles. The summed E-state index contributed by atoms with van der Waals surface area (Å²) in [5, 5.41) is 0. The summed E-state index contributed by atoms with van der Waals surface area (Å²) in [5.41, 5.74) is 2.72. The molecule has 0 unspecified atom stereocenters. The van der Waals surface area contributed by atoms with Crippen LogP contribution in [0.1, 0.15) is 22.3 Å². The minimum absolute atomic E-state index is 0.0983. The molecule has 0 spiro atoms. The van der Waals surface area contributed by atoms with Gasteiger partial charge < -0.3 is 9.47 Å². The second-order valence-corrected chi connectivity index (χ2v) is 7.65. The van der Waals surface area contributed by atoms with Crippen LogP contribution in [-0.4, -0.2) is 28.0 Å². The molecule has 0 radical (unpaired) electrons. The van der Waals surface area contributed by atoms with Gasteiger partial charge in [-0.05, 0) is 49.1 Å². The van der Waals surface area contributed by atoms with E-state index in [0.717, 1.165) is 11.1 Å². The molecule has 26 heavy (non-hydrogen) atoms. The molecule has 140 valence electrons. The predicted molar refractivity (Wildman–Crippen MR) is 98.6 cm³/mol. The number of methoxy groups -OCH3 is 1. The molecule has 0 amide bonds. The van der Waals surface area contributed by atoms with Gasteiger partial charge in [-0.2, -0.15) is 4.72 Å². The predicted octanol–water partition coefficient (Wildman–Crippen LogP) is 2.64. The van der Waals surface area contributed by atoms with Crippen molar-refractivity contribution in [2.45, 2.75) is 32.3 Å². The average Bonchev–Trinajstić information content (AvgIpc) is 2.62. The maximum absolute atomic E-state index is 12.6. The van der Waals surface area contributed by atoms with E-state index in [-0.39, 0.29) is 11.5 Å². The lowest BCUT2D eigenvalue weighted by Gasteiger charge is -2.16. The Morgan fingerprint density at radius 1 is 1.08 bits per heavy atom. The van der Waals surface area contributed by atoms with Crippen LogP contribution in [0, 0.1) is 20.8 Å². The van der Waals surface area contributed by atoms with E-state index < -0.39 is 22.5 Å². The number of hydrogen-bond donors (Lipinski definition) is 1. The number of nitrogens with one attached hydrogen (secondary N) is 1. The number of esters is 1. The monoisotopic (exact) mass is 377 g/mol. The molecule has 1 N–H and O–H groups in total. The van der Waals surface area contributed by atoms with Crippen LogP contribution in [0.25, 0.3) is 0 Å². The first-order chi connectivity index (χ1) is 12.3. The van der Waals surface area contributed by atoms with Crippen LogP contribution in [0.4, 0.5) is 0 Å². The van der Waals surface area contributed by atoms with Crippen molar-refractivity contribution in [3.05, 3.63) is 58.7 Å². The summed E-state index contributed by atoms with van der Waals surface area (Å²) in [6.07, 6.45) is 0. The lowest BCUT2D eigenvalue weighted by molar-refractivity contribution is -0.143. The molecule has 2 rings (SSSR count). The van der Waals surface area contributed by atoms with Crippen LogP contribution in [0.5, 0.6) is 5.75 Å². The molecule has 0 aliphatic heterocycles. The van der Waals surface area contributed by atoms with Gasteiger partial charge in [0.05, 0.1) is 12.0 Å². The van der Waals surface area contributed by atoms with Crippen LogP contribution in [0.3, 0.4) is 0 Å². The fourth-order valence-electron chi connectivity index (χ4n) is 2.66. The van der Waals surface area contributed by atoms with Gasteiger partial charge in [-0.15, -0.1) is 0 Å². The Balaban J connectivity index is 2.07. The Bertz CT molecular complexity index is 892. The number of aryl methyl sites for hydroxylation is 1. The highest BCUT2D eigenvalue weighted by Gasteiger charge is 2.23. The number of carbonyl (C=O) groups excluding carboxylic acids is 1. The molecule has 0 saturated heterocycles. The number of carbonyl (C=O) groups is 1. The zero-order valence-electron chi connectivity index (χ0n) is 15.3. The van der Waals surface area contributed by atoms with Crippen LogP contribution in [-0.2, 0) is 26.2 Å². The Labute approximate surface area is 154 Å². The van der Waals surface area contributed by atoms with Crippen LogP contribution < -0.4 is 9.46 Å². The molecule has 0 aliphatic rings. The van der Waals surface area contributed by atoms with E-state index >= 15 is 0 Å². The number of ether oxygens (including phenoxy) is 2. The third-order valence-corrected chi connectivity index (χ3v) is 5.81. The van der Waals surface area contributed by atoms with Crippen molar-refractivity contribution in [2.75, 3.05) is 13.7 Å². The quantitative estimate of drug-likeness (QED) is 0.750. The van der Waals surface area contributed by atoms with E-state index in [4.69, 9.17) is 9.47 Å². The molecule has 7 heteroatoms. The number of hydrogen-bond acceptors (Lipinski definition) is 5. The van der Waals surface area contributed by atoms with Gasteiger partial charge >= 0.3 is 5.97 Å². The largest absolute Gasteiger partial charge is 0.496 e. The highest BCUT2D eigenvalue weighted by atomic mass is 32.2. The summed E-state index contributed by atoms with van der Waals surface area (Å²) in [6, 6.07) is 10.9. The van der Waals surface area contributed by atoms with Crippen LogP contribution >= 0.6 is 0 Å². The van der Waals surface area contributed by atoms with Crippen molar-refractivity contribution < 1.29 is 22.7 Å². The molecule has 0 fully saturated rings. The standard InChI is InChI=1S/C19H23NO5S/c1-13-10-17(24-4)14(2)15(3)19(13)26(22,23)20-11-18(21)25-12-16-8-6-5-7-9-16/h5-10,20H,11-12H2,1-4H3. The summed E-state index contributed by atoms with van der Waals surface area (Å²) in [5.74, 6) is -0.0146. The number of benzene rings is 2. The first-order valence-electron chi connectivity index (χ1n) is 8.10. The average molecular weight is 377 g/mol. The van der Waals surface area contributed by atoms with Crippen molar-refractivity contribution in [2.24, 2.45) is 0 Å². The highest BCUT2D eigenvalue weighted by molar-refractivity contribution is 7.89. The van der Waals surface area contributed by atoms with Crippen molar-refractivity contribution in [3.8, 4) is 5.75 Å². The van der Waals surface area contributed by atoms with Gasteiger partial charge in [0.1, 0.15) is 18.9 Å². The molecular formula is C19H23NO5S. The molecule has 0 bridgehead atoms. The molecule has 0 heterocycles. The Hall–Kier alpha value is -2.38. The fraction of sp³-hybridized carbons (Fsp3) is 0.316. The van der Waals surface area contributed by atoms with Gasteiger partial charge in [-0.1, -0.05) is 30.3 Å². The van der Waals surface area contributed by atoms with Gasteiger partial charge in [-0.25, -0.2) is 8.42 Å². The first-order valence-corrected chi connectivity index (χ1v) is 9.58. The summed E-state index contributed by atoms with van der Waals surface area (Å²) >= 11 is 0. The van der Waals surface area contributed by atoms with E-state index in [1.165, 1.54) is 7.11 Å². The third-order valence-electron chi connectivity index (χ3n) is 4.12. The van der Waals surface area contributed by atoms with Gasteiger partial charge in [-0.3, -0.25) is 4.79 Å². The van der Waals surface area contributed by atoms with Crippen molar-refractivity contribution >= 4 is 16.0 Å². The Morgan fingerprint density at radius 3 is 2.35 bits per heavy atom. The maximum Gasteiger partial charge on any atom is 0.321 e. The van der Waals surface area contributed by atoms with Crippen molar-refractivity contribution in [1.29, 1.82) is 0 Å². The van der Waals surface area contributed by atoms with Gasteiger partial charge in [0, 0.05) is 0 Å². The number of rotatable bonds is 7. The lowest BCUT2D eigenvalue weighted by atomic mass is 10.1. The van der Waals surface area contributed by atoms with E-state index in [1.807, 2.05) is 30.3 Å². The van der Waals surface area contributed by atoms with Gasteiger partial charge in [0.25, 0.3) is 0 Å². The topological polar surface area (TPSA) is 81.7 Å². The second kappa shape index (κ2) is 8.33. The van der Waals surface area contributed by atoms with Gasteiger partial charge in [0.15, 0.2) is 0 Å². The summed E-state index contributed by atoms with van der Waals surface area (Å²) in [7, 11) is -2.32. The van der Waals surface area contributed by atoms with Crippen molar-refractivity contribution in [3.63, 3.8) is 0 Å². The smallest absolute Gasteiger partial charge is 0.321 e. The third kappa shape index (κ3) is 4.62.